The zero-order valence-electron chi connectivity index (χ0n) is 14.5. The smallest absolute Gasteiger partial charge is 0.297 e. The number of carbonyl (C=O) groups is 1. The van der Waals surface area contributed by atoms with Crippen LogP contribution in [-0.2, 0) is 13.1 Å². The number of hydrogen-bond donors (Lipinski definition) is 0. The molecule has 1 amide bonds. The van der Waals surface area contributed by atoms with Crippen LogP contribution in [0.4, 0.5) is 0 Å². The maximum absolute atomic E-state index is 12.7. The van der Waals surface area contributed by atoms with E-state index in [0.717, 1.165) is 34.0 Å². The number of amides is 1. The van der Waals surface area contributed by atoms with Gasteiger partial charge in [-0.05, 0) is 19.2 Å². The second kappa shape index (κ2) is 7.16. The molecule has 0 bridgehead atoms. The molecule has 0 spiro atoms. The maximum atomic E-state index is 12.7. The Balaban J connectivity index is 1.84. The summed E-state index contributed by atoms with van der Waals surface area (Å²) >= 11 is 3.23. The van der Waals surface area contributed by atoms with E-state index in [2.05, 4.69) is 20.9 Å². The molecule has 0 radical (unpaired) electrons. The number of nitrogens with zero attached hydrogens (tertiary/aromatic N) is 4. The van der Waals surface area contributed by atoms with Gasteiger partial charge in [-0.2, -0.15) is 21.9 Å². The van der Waals surface area contributed by atoms with Gasteiger partial charge in [-0.25, -0.2) is 0 Å². The van der Waals surface area contributed by atoms with E-state index in [-0.39, 0.29) is 12.7 Å². The molecule has 2 aromatic heterocycles. The Morgan fingerprint density at radius 1 is 1.38 bits per heavy atom. The van der Waals surface area contributed by atoms with Crippen molar-refractivity contribution in [3.05, 3.63) is 34.9 Å². The number of aryl methyl sites for hydroxylation is 2. The average Bonchev–Trinajstić information content (AvgIpc) is 3.35. The van der Waals surface area contributed by atoms with Crippen molar-refractivity contribution in [2.45, 2.75) is 20.0 Å². The summed E-state index contributed by atoms with van der Waals surface area (Å²) in [6.45, 7) is 3.58. The lowest BCUT2D eigenvalue weighted by atomic mass is 10.3. The molecule has 0 saturated heterocycles. The third kappa shape index (κ3) is 3.01. The maximum Gasteiger partial charge on any atom is 0.297 e. The number of rotatable bonds is 5. The second-order valence-corrected chi connectivity index (χ2v) is 7.65. The van der Waals surface area contributed by atoms with E-state index in [1.54, 1.807) is 28.7 Å². The highest BCUT2D eigenvalue weighted by atomic mass is 32.2. The van der Waals surface area contributed by atoms with E-state index in [4.69, 9.17) is 9.47 Å². The molecule has 7 nitrogen and oxygen atoms in total. The highest BCUT2D eigenvalue weighted by Gasteiger charge is 2.18. The Hall–Kier alpha value is -2.26. The summed E-state index contributed by atoms with van der Waals surface area (Å²) in [5.74, 6) is 2.11. The molecule has 9 heteroatoms. The minimum Gasteiger partial charge on any atom is -0.454 e. The molecule has 1 aliphatic heterocycles. The monoisotopic (exact) mass is 390 g/mol. The lowest BCUT2D eigenvalue weighted by Gasteiger charge is -2.05. The van der Waals surface area contributed by atoms with Crippen LogP contribution in [-0.4, -0.2) is 39.1 Å². The number of fused-ring (bicyclic) bond motifs is 2. The summed E-state index contributed by atoms with van der Waals surface area (Å²) < 4.78 is 15.7. The Labute approximate surface area is 158 Å². The van der Waals surface area contributed by atoms with Crippen LogP contribution >= 0.6 is 23.1 Å². The molecule has 0 atom stereocenters. The second-order valence-electron chi connectivity index (χ2n) is 5.65. The van der Waals surface area contributed by atoms with E-state index in [9.17, 15) is 4.79 Å². The first-order valence-corrected chi connectivity index (χ1v) is 10.4. The van der Waals surface area contributed by atoms with E-state index < -0.39 is 0 Å². The van der Waals surface area contributed by atoms with E-state index in [0.29, 0.717) is 17.0 Å². The van der Waals surface area contributed by atoms with Gasteiger partial charge in [0.1, 0.15) is 5.69 Å². The summed E-state index contributed by atoms with van der Waals surface area (Å²) in [7, 11) is 0. The van der Waals surface area contributed by atoms with Gasteiger partial charge in [-0.15, -0.1) is 0 Å². The average molecular weight is 390 g/mol. The normalized spacial score (nSPS) is 13.7. The Kier molecular flexibility index (Phi) is 4.73. The van der Waals surface area contributed by atoms with Crippen LogP contribution in [0.1, 0.15) is 17.4 Å². The van der Waals surface area contributed by atoms with Crippen LogP contribution in [0.2, 0.25) is 0 Å². The van der Waals surface area contributed by atoms with E-state index in [1.807, 2.05) is 19.1 Å². The molecule has 3 aromatic rings. The lowest BCUT2D eigenvalue weighted by molar-refractivity contribution is 0.0987. The molecule has 0 fully saturated rings. The van der Waals surface area contributed by atoms with Crippen molar-refractivity contribution in [3.63, 3.8) is 0 Å². The Morgan fingerprint density at radius 2 is 2.19 bits per heavy atom. The van der Waals surface area contributed by atoms with E-state index in [1.165, 1.54) is 11.3 Å². The Bertz CT molecular complexity index is 1030. The minimum atomic E-state index is -0.283. The summed E-state index contributed by atoms with van der Waals surface area (Å²) in [6.07, 6.45) is 3.68. The fourth-order valence-corrected chi connectivity index (χ4v) is 4.28. The summed E-state index contributed by atoms with van der Waals surface area (Å²) in [4.78, 5) is 17.7. The van der Waals surface area contributed by atoms with Gasteiger partial charge in [0.05, 0.1) is 10.2 Å². The van der Waals surface area contributed by atoms with Crippen LogP contribution in [0.25, 0.3) is 10.2 Å². The molecular formula is C17H18N4O3S2. The van der Waals surface area contributed by atoms with Crippen LogP contribution < -0.4 is 14.3 Å². The largest absolute Gasteiger partial charge is 0.454 e. The van der Waals surface area contributed by atoms with Crippen molar-refractivity contribution in [2.24, 2.45) is 4.99 Å². The molecule has 0 saturated carbocycles. The quantitative estimate of drug-likeness (QED) is 0.670. The van der Waals surface area contributed by atoms with Crippen LogP contribution in [0.3, 0.4) is 0 Å². The summed E-state index contributed by atoms with van der Waals surface area (Å²) in [6, 6.07) is 5.62. The van der Waals surface area contributed by atoms with Gasteiger partial charge in [0.2, 0.25) is 6.79 Å². The number of thioether (sulfide) groups is 1. The van der Waals surface area contributed by atoms with Gasteiger partial charge in [0.25, 0.3) is 5.91 Å². The van der Waals surface area contributed by atoms with Gasteiger partial charge >= 0.3 is 0 Å². The minimum absolute atomic E-state index is 0.244. The lowest BCUT2D eigenvalue weighted by Crippen LogP contribution is -2.19. The van der Waals surface area contributed by atoms with Gasteiger partial charge in [-0.3, -0.25) is 9.48 Å². The van der Waals surface area contributed by atoms with Gasteiger partial charge in [-0.1, -0.05) is 11.3 Å². The molecule has 4 rings (SSSR count). The van der Waals surface area contributed by atoms with Crippen molar-refractivity contribution in [1.29, 1.82) is 0 Å². The first kappa shape index (κ1) is 17.2. The first-order valence-electron chi connectivity index (χ1n) is 8.24. The predicted octanol–water partition coefficient (Wildman–Crippen LogP) is 2.75. The van der Waals surface area contributed by atoms with Crippen LogP contribution in [0, 0.1) is 0 Å². The summed E-state index contributed by atoms with van der Waals surface area (Å²) in [5.41, 5.74) is 1.50. The standard InChI is InChI=1S/C17H18N4O3S2/c1-3-21-11(4-5-18-21)16(22)19-17-20(6-7-25-2)12-8-13-14(24-10-23-13)9-15(12)26-17/h4-5,8-9H,3,6-7,10H2,1-2H3. The van der Waals surface area contributed by atoms with Crippen molar-refractivity contribution < 1.29 is 14.3 Å². The predicted molar refractivity (Wildman–Crippen MR) is 102 cm³/mol. The fourth-order valence-electron chi connectivity index (χ4n) is 2.85. The number of aromatic nitrogens is 3. The number of hydrogen-bond acceptors (Lipinski definition) is 6. The number of carbonyl (C=O) groups excluding carboxylic acids is 1. The number of ether oxygens (including phenoxy) is 2. The first-order chi connectivity index (χ1) is 12.7. The number of thiazole rings is 1. The van der Waals surface area contributed by atoms with Crippen molar-refractivity contribution in [1.82, 2.24) is 14.3 Å². The van der Waals surface area contributed by atoms with Crippen LogP contribution in [0.5, 0.6) is 11.5 Å². The van der Waals surface area contributed by atoms with Gasteiger partial charge < -0.3 is 14.0 Å². The molecule has 136 valence electrons. The third-order valence-corrected chi connectivity index (χ3v) is 5.76. The third-order valence-electron chi connectivity index (χ3n) is 4.13. The SMILES string of the molecule is CCn1nccc1C(=O)N=c1sc2cc3c(cc2n1CCSC)OCO3. The molecular weight excluding hydrogens is 372 g/mol. The molecule has 0 aliphatic carbocycles. The van der Waals surface area contributed by atoms with Gasteiger partial charge in [0.15, 0.2) is 16.3 Å². The highest BCUT2D eigenvalue weighted by Crippen LogP contribution is 2.37. The molecule has 26 heavy (non-hydrogen) atoms. The molecule has 3 heterocycles. The molecule has 1 aliphatic rings. The zero-order valence-corrected chi connectivity index (χ0v) is 16.1. The van der Waals surface area contributed by atoms with Gasteiger partial charge in [0, 0.05) is 37.2 Å². The molecule has 0 unspecified atom stereocenters. The van der Waals surface area contributed by atoms with E-state index >= 15 is 0 Å². The molecule has 0 N–H and O–H groups in total. The fraction of sp³-hybridized carbons (Fsp3) is 0.353. The summed E-state index contributed by atoms with van der Waals surface area (Å²) in [5, 5.41) is 4.15. The Morgan fingerprint density at radius 3 is 2.96 bits per heavy atom. The van der Waals surface area contributed by atoms with Crippen LogP contribution in [0.15, 0.2) is 29.4 Å². The van der Waals surface area contributed by atoms with Crippen molar-refractivity contribution in [3.8, 4) is 11.5 Å². The topological polar surface area (TPSA) is 70.6 Å². The number of benzene rings is 1. The zero-order chi connectivity index (χ0) is 18.1. The van der Waals surface area contributed by atoms with Crippen molar-refractivity contribution >= 4 is 39.2 Å². The highest BCUT2D eigenvalue weighted by molar-refractivity contribution is 7.98. The van der Waals surface area contributed by atoms with Crippen molar-refractivity contribution in [2.75, 3.05) is 18.8 Å². The molecule has 1 aromatic carbocycles.